The molecule has 0 heterocycles. The average Bonchev–Trinajstić information content (AvgIpc) is 2.42. The Balaban J connectivity index is 2.51. The van der Waals surface area contributed by atoms with Gasteiger partial charge < -0.3 is 14.9 Å². The largest absolute Gasteiger partial charge is 0.396 e. The van der Waals surface area contributed by atoms with Crippen LogP contribution >= 0.6 is 0 Å². The summed E-state index contributed by atoms with van der Waals surface area (Å²) in [6.07, 6.45) is 2.69. The van der Waals surface area contributed by atoms with E-state index in [2.05, 4.69) is 0 Å². The van der Waals surface area contributed by atoms with Gasteiger partial charge in [0.2, 0.25) is 0 Å². The van der Waals surface area contributed by atoms with Crippen LogP contribution in [-0.4, -0.2) is 50.2 Å². The average molecular weight is 264 g/mol. The second-order valence-corrected chi connectivity index (χ2v) is 4.95. The number of nitrogens with zero attached hydrogens (tertiary/aromatic N) is 2. The molecule has 106 valence electrons. The second-order valence-electron chi connectivity index (χ2n) is 4.95. The van der Waals surface area contributed by atoms with E-state index in [-0.39, 0.29) is 12.5 Å². The van der Waals surface area contributed by atoms with Crippen molar-refractivity contribution in [2.45, 2.75) is 19.3 Å². The molecular formula is C15H24N2O2. The third-order valence-electron chi connectivity index (χ3n) is 3.13. The third-order valence-corrected chi connectivity index (χ3v) is 3.13. The minimum atomic E-state index is 0.0503. The molecule has 4 nitrogen and oxygen atoms in total. The Labute approximate surface area is 115 Å². The molecule has 0 aromatic heterocycles. The maximum atomic E-state index is 12.2. The number of unbranched alkanes of at least 4 members (excludes halogenated alkanes) is 2. The molecule has 1 amide bonds. The Hall–Kier alpha value is -1.55. The van der Waals surface area contributed by atoms with Crippen molar-refractivity contribution in [1.82, 2.24) is 4.90 Å². The van der Waals surface area contributed by atoms with E-state index in [9.17, 15) is 4.79 Å². The van der Waals surface area contributed by atoms with Crippen LogP contribution in [0.3, 0.4) is 0 Å². The van der Waals surface area contributed by atoms with Gasteiger partial charge >= 0.3 is 0 Å². The van der Waals surface area contributed by atoms with Gasteiger partial charge in [-0.2, -0.15) is 0 Å². The lowest BCUT2D eigenvalue weighted by Crippen LogP contribution is -2.27. The van der Waals surface area contributed by atoms with Crippen LogP contribution in [0.5, 0.6) is 0 Å². The number of anilines is 1. The number of benzene rings is 1. The predicted octanol–water partition coefficient (Wildman–Crippen LogP) is 1.99. The molecule has 0 aliphatic rings. The normalized spacial score (nSPS) is 10.3. The standard InChI is InChI=1S/C15H24N2O2/c1-16(2)14-9-7-13(8-10-14)15(19)17(3)11-5-4-6-12-18/h7-10,18H,4-6,11-12H2,1-3H3. The van der Waals surface area contributed by atoms with Crippen molar-refractivity contribution < 1.29 is 9.90 Å². The Kier molecular flexibility index (Phi) is 6.36. The zero-order valence-electron chi connectivity index (χ0n) is 12.1. The molecule has 1 aromatic rings. The molecule has 0 aliphatic carbocycles. The van der Waals surface area contributed by atoms with E-state index in [4.69, 9.17) is 5.11 Å². The fraction of sp³-hybridized carbons (Fsp3) is 0.533. The predicted molar refractivity (Wildman–Crippen MR) is 78.7 cm³/mol. The molecule has 4 heteroatoms. The monoisotopic (exact) mass is 264 g/mol. The first-order valence-corrected chi connectivity index (χ1v) is 6.70. The summed E-state index contributed by atoms with van der Waals surface area (Å²) >= 11 is 0. The van der Waals surface area contributed by atoms with E-state index < -0.39 is 0 Å². The highest BCUT2D eigenvalue weighted by Gasteiger charge is 2.11. The molecule has 0 aliphatic heterocycles. The van der Waals surface area contributed by atoms with Crippen LogP contribution < -0.4 is 4.90 Å². The van der Waals surface area contributed by atoms with Gasteiger partial charge in [-0.1, -0.05) is 0 Å². The summed E-state index contributed by atoms with van der Waals surface area (Å²) < 4.78 is 0. The van der Waals surface area contributed by atoms with Crippen molar-refractivity contribution in [3.63, 3.8) is 0 Å². The number of amides is 1. The highest BCUT2D eigenvalue weighted by Crippen LogP contribution is 2.13. The number of carbonyl (C=O) groups excluding carboxylic acids is 1. The zero-order chi connectivity index (χ0) is 14.3. The highest BCUT2D eigenvalue weighted by atomic mass is 16.2. The van der Waals surface area contributed by atoms with Crippen molar-refractivity contribution in [2.24, 2.45) is 0 Å². The van der Waals surface area contributed by atoms with E-state index in [1.807, 2.05) is 50.3 Å². The quantitative estimate of drug-likeness (QED) is 0.766. The topological polar surface area (TPSA) is 43.8 Å². The van der Waals surface area contributed by atoms with E-state index in [1.54, 1.807) is 4.90 Å². The van der Waals surface area contributed by atoms with Crippen LogP contribution in [0.15, 0.2) is 24.3 Å². The summed E-state index contributed by atoms with van der Waals surface area (Å²) in [5.41, 5.74) is 1.80. The van der Waals surface area contributed by atoms with Crippen LogP contribution in [0.4, 0.5) is 5.69 Å². The molecule has 1 N–H and O–H groups in total. The molecule has 0 atom stereocenters. The third kappa shape index (κ3) is 4.91. The van der Waals surface area contributed by atoms with Gasteiger partial charge in [0.05, 0.1) is 0 Å². The Morgan fingerprint density at radius 1 is 1.05 bits per heavy atom. The van der Waals surface area contributed by atoms with E-state index in [1.165, 1.54) is 0 Å². The van der Waals surface area contributed by atoms with Crippen molar-refractivity contribution in [2.75, 3.05) is 39.2 Å². The summed E-state index contributed by atoms with van der Waals surface area (Å²) in [5, 5.41) is 8.70. The number of hydrogen-bond acceptors (Lipinski definition) is 3. The summed E-state index contributed by atoms with van der Waals surface area (Å²) in [7, 11) is 5.77. The summed E-state index contributed by atoms with van der Waals surface area (Å²) in [4.78, 5) is 15.9. The Morgan fingerprint density at radius 3 is 2.21 bits per heavy atom. The van der Waals surface area contributed by atoms with Gasteiger partial charge in [-0.05, 0) is 43.5 Å². The lowest BCUT2D eigenvalue weighted by molar-refractivity contribution is 0.0792. The van der Waals surface area contributed by atoms with Crippen LogP contribution in [0.1, 0.15) is 29.6 Å². The maximum absolute atomic E-state index is 12.2. The molecule has 1 rings (SSSR count). The molecule has 19 heavy (non-hydrogen) atoms. The molecule has 0 bridgehead atoms. The first kappa shape index (κ1) is 15.5. The minimum absolute atomic E-state index is 0.0503. The van der Waals surface area contributed by atoms with Crippen LogP contribution in [0.2, 0.25) is 0 Å². The van der Waals surface area contributed by atoms with Crippen LogP contribution in [0, 0.1) is 0 Å². The molecule has 0 radical (unpaired) electrons. The molecule has 0 spiro atoms. The van der Waals surface area contributed by atoms with E-state index >= 15 is 0 Å². The molecule has 0 unspecified atom stereocenters. The van der Waals surface area contributed by atoms with E-state index in [0.29, 0.717) is 0 Å². The Morgan fingerprint density at radius 2 is 1.68 bits per heavy atom. The first-order chi connectivity index (χ1) is 9.06. The lowest BCUT2D eigenvalue weighted by atomic mass is 10.1. The van der Waals surface area contributed by atoms with Gasteiger partial charge in [0.15, 0.2) is 0 Å². The molecule has 0 saturated carbocycles. The minimum Gasteiger partial charge on any atom is -0.396 e. The summed E-state index contributed by atoms with van der Waals surface area (Å²) in [6, 6.07) is 7.63. The van der Waals surface area contributed by atoms with Gasteiger partial charge in [-0.15, -0.1) is 0 Å². The van der Waals surface area contributed by atoms with Gasteiger partial charge in [0, 0.05) is 45.5 Å². The lowest BCUT2D eigenvalue weighted by Gasteiger charge is -2.18. The van der Waals surface area contributed by atoms with Gasteiger partial charge in [-0.3, -0.25) is 4.79 Å². The van der Waals surface area contributed by atoms with Crippen molar-refractivity contribution in [3.05, 3.63) is 29.8 Å². The molecule has 1 aromatic carbocycles. The summed E-state index contributed by atoms with van der Waals surface area (Å²) in [6.45, 7) is 0.956. The fourth-order valence-corrected chi connectivity index (χ4v) is 1.86. The molecule has 0 fully saturated rings. The highest BCUT2D eigenvalue weighted by molar-refractivity contribution is 5.94. The number of rotatable bonds is 7. The second kappa shape index (κ2) is 7.79. The Bertz CT molecular complexity index is 388. The summed E-state index contributed by atoms with van der Waals surface area (Å²) in [5.74, 6) is 0.0503. The van der Waals surface area contributed by atoms with Crippen molar-refractivity contribution >= 4 is 11.6 Å². The number of hydrogen-bond donors (Lipinski definition) is 1. The molecule has 0 saturated heterocycles. The number of carbonyl (C=O) groups is 1. The van der Waals surface area contributed by atoms with Gasteiger partial charge in [-0.25, -0.2) is 0 Å². The first-order valence-electron chi connectivity index (χ1n) is 6.70. The van der Waals surface area contributed by atoms with E-state index in [0.717, 1.165) is 37.1 Å². The SMILES string of the molecule is CN(CCCCCO)C(=O)c1ccc(N(C)C)cc1. The fourth-order valence-electron chi connectivity index (χ4n) is 1.86. The van der Waals surface area contributed by atoms with Gasteiger partial charge in [0.1, 0.15) is 0 Å². The number of aliphatic hydroxyl groups is 1. The maximum Gasteiger partial charge on any atom is 0.253 e. The van der Waals surface area contributed by atoms with Gasteiger partial charge in [0.25, 0.3) is 5.91 Å². The molecular weight excluding hydrogens is 240 g/mol. The zero-order valence-corrected chi connectivity index (χ0v) is 12.1. The van der Waals surface area contributed by atoms with Crippen LogP contribution in [0.25, 0.3) is 0 Å². The van der Waals surface area contributed by atoms with Crippen molar-refractivity contribution in [1.29, 1.82) is 0 Å². The van der Waals surface area contributed by atoms with Crippen LogP contribution in [-0.2, 0) is 0 Å². The smallest absolute Gasteiger partial charge is 0.253 e. The number of aliphatic hydroxyl groups excluding tert-OH is 1. The van der Waals surface area contributed by atoms with Crippen molar-refractivity contribution in [3.8, 4) is 0 Å².